The van der Waals surface area contributed by atoms with Crippen LogP contribution in [0.25, 0.3) is 5.69 Å². The standard InChI is InChI=1S/C25H27FN4OS/c1-16-14-19(17(2)30(16)22-11-4-3-9-20(22)26)24-23(21-10-5-6-12-27-21)28-25(32)29(24)15-18-8-7-13-31-18/h3-6,9-12,14,18,23-24H,7-8,13,15H2,1-2H3,(H,28,32)/t18-,23+,24-/m1/s1. The Morgan fingerprint density at radius 2 is 2.00 bits per heavy atom. The van der Waals surface area contributed by atoms with E-state index < -0.39 is 0 Å². The lowest BCUT2D eigenvalue weighted by Crippen LogP contribution is -2.36. The second-order valence-corrected chi connectivity index (χ2v) is 8.91. The first-order valence-corrected chi connectivity index (χ1v) is 11.5. The highest BCUT2D eigenvalue weighted by molar-refractivity contribution is 7.80. The van der Waals surface area contributed by atoms with Crippen molar-refractivity contribution in [2.24, 2.45) is 0 Å². The fourth-order valence-electron chi connectivity index (χ4n) is 5.04. The molecular weight excluding hydrogens is 423 g/mol. The molecule has 5 nitrogen and oxygen atoms in total. The molecule has 1 aromatic carbocycles. The minimum Gasteiger partial charge on any atom is -0.376 e. The van der Waals surface area contributed by atoms with Crippen molar-refractivity contribution in [3.63, 3.8) is 0 Å². The van der Waals surface area contributed by atoms with Crippen LogP contribution in [0.3, 0.4) is 0 Å². The summed E-state index contributed by atoms with van der Waals surface area (Å²) in [5.74, 6) is -0.238. The first-order valence-electron chi connectivity index (χ1n) is 11.1. The topological polar surface area (TPSA) is 42.3 Å². The van der Waals surface area contributed by atoms with Gasteiger partial charge in [0.25, 0.3) is 0 Å². The van der Waals surface area contributed by atoms with Gasteiger partial charge >= 0.3 is 0 Å². The highest BCUT2D eigenvalue weighted by Crippen LogP contribution is 2.42. The maximum absolute atomic E-state index is 14.7. The van der Waals surface area contributed by atoms with E-state index in [9.17, 15) is 4.39 Å². The van der Waals surface area contributed by atoms with Gasteiger partial charge in [-0.2, -0.15) is 0 Å². The summed E-state index contributed by atoms with van der Waals surface area (Å²) in [7, 11) is 0. The lowest BCUT2D eigenvalue weighted by Gasteiger charge is -2.30. The Bertz CT molecular complexity index is 1130. The van der Waals surface area contributed by atoms with Crippen LogP contribution >= 0.6 is 12.2 Å². The number of hydrogen-bond acceptors (Lipinski definition) is 3. The molecule has 0 unspecified atom stereocenters. The molecule has 7 heteroatoms. The number of hydrogen-bond donors (Lipinski definition) is 1. The number of ether oxygens (including phenoxy) is 1. The van der Waals surface area contributed by atoms with Crippen LogP contribution in [0.4, 0.5) is 4.39 Å². The third kappa shape index (κ3) is 3.69. The Hall–Kier alpha value is -2.77. The van der Waals surface area contributed by atoms with Gasteiger partial charge in [0.2, 0.25) is 0 Å². The largest absolute Gasteiger partial charge is 0.376 e. The highest BCUT2D eigenvalue weighted by Gasteiger charge is 2.42. The monoisotopic (exact) mass is 450 g/mol. The van der Waals surface area contributed by atoms with Gasteiger partial charge in [0, 0.05) is 30.7 Å². The van der Waals surface area contributed by atoms with Crippen LogP contribution in [0.2, 0.25) is 0 Å². The number of para-hydroxylation sites is 1. The summed E-state index contributed by atoms with van der Waals surface area (Å²) in [4.78, 5) is 6.86. The van der Waals surface area contributed by atoms with Gasteiger partial charge in [-0.3, -0.25) is 4.98 Å². The minimum absolute atomic E-state index is 0.0617. The summed E-state index contributed by atoms with van der Waals surface area (Å²) in [5, 5.41) is 4.21. The average Bonchev–Trinajstić information content (AvgIpc) is 3.49. The molecule has 0 amide bonds. The Kier molecular flexibility index (Phi) is 5.69. The van der Waals surface area contributed by atoms with Crippen LogP contribution in [0.1, 0.15) is 47.6 Å². The van der Waals surface area contributed by atoms with E-state index >= 15 is 0 Å². The Morgan fingerprint density at radius 3 is 2.72 bits per heavy atom. The van der Waals surface area contributed by atoms with Crippen molar-refractivity contribution in [3.05, 3.63) is 83.2 Å². The number of thiocarbonyl (C=S) groups is 1. The molecule has 0 bridgehead atoms. The molecular formula is C25H27FN4OS. The minimum atomic E-state index is -0.238. The zero-order chi connectivity index (χ0) is 22.2. The Morgan fingerprint density at radius 1 is 1.19 bits per heavy atom. The fourth-order valence-corrected chi connectivity index (χ4v) is 5.35. The third-order valence-corrected chi connectivity index (χ3v) is 6.86. The van der Waals surface area contributed by atoms with Gasteiger partial charge in [-0.15, -0.1) is 0 Å². The van der Waals surface area contributed by atoms with Crippen molar-refractivity contribution >= 4 is 17.3 Å². The van der Waals surface area contributed by atoms with Crippen LogP contribution in [-0.2, 0) is 4.74 Å². The number of halogens is 1. The summed E-state index contributed by atoms with van der Waals surface area (Å²) in [5.41, 5.74) is 4.60. The number of nitrogens with one attached hydrogen (secondary N) is 1. The normalized spacial score (nSPS) is 23.0. The zero-order valence-electron chi connectivity index (χ0n) is 18.3. The summed E-state index contributed by atoms with van der Waals surface area (Å²) in [6, 6.07) is 14.8. The molecule has 2 aromatic heterocycles. The van der Waals surface area contributed by atoms with Crippen molar-refractivity contribution in [2.75, 3.05) is 13.2 Å². The van der Waals surface area contributed by atoms with Crippen LogP contribution < -0.4 is 5.32 Å². The van der Waals surface area contributed by atoms with Gasteiger partial charge in [-0.25, -0.2) is 4.39 Å². The van der Waals surface area contributed by atoms with Gasteiger partial charge in [0.1, 0.15) is 5.82 Å². The average molecular weight is 451 g/mol. The van der Waals surface area contributed by atoms with E-state index in [1.54, 1.807) is 6.07 Å². The molecule has 166 valence electrons. The molecule has 5 rings (SSSR count). The van der Waals surface area contributed by atoms with Gasteiger partial charge in [-0.05, 0) is 74.8 Å². The van der Waals surface area contributed by atoms with Crippen LogP contribution in [0.5, 0.6) is 0 Å². The van der Waals surface area contributed by atoms with Crippen LogP contribution in [-0.4, -0.2) is 38.8 Å². The number of aryl methyl sites for hydroxylation is 1. The van der Waals surface area contributed by atoms with Crippen molar-refractivity contribution in [1.29, 1.82) is 0 Å². The van der Waals surface area contributed by atoms with E-state index in [4.69, 9.17) is 17.0 Å². The Labute approximate surface area is 193 Å². The molecule has 2 saturated heterocycles. The predicted molar refractivity (Wildman–Crippen MR) is 126 cm³/mol. The molecule has 0 saturated carbocycles. The molecule has 2 aliphatic rings. The van der Waals surface area contributed by atoms with Gasteiger partial charge < -0.3 is 19.5 Å². The molecule has 32 heavy (non-hydrogen) atoms. The lowest BCUT2D eigenvalue weighted by molar-refractivity contribution is 0.0842. The molecule has 1 N–H and O–H groups in total. The third-order valence-electron chi connectivity index (χ3n) is 6.50. The first-order chi connectivity index (χ1) is 15.5. The van der Waals surface area contributed by atoms with Crippen LogP contribution in [0, 0.1) is 19.7 Å². The Balaban J connectivity index is 1.60. The smallest absolute Gasteiger partial charge is 0.170 e. The maximum Gasteiger partial charge on any atom is 0.170 e. The number of rotatable bonds is 5. The zero-order valence-corrected chi connectivity index (χ0v) is 19.1. The van der Waals surface area contributed by atoms with Gasteiger partial charge in [-0.1, -0.05) is 18.2 Å². The summed E-state index contributed by atoms with van der Waals surface area (Å²) in [6.45, 7) is 5.59. The molecule has 4 heterocycles. The maximum atomic E-state index is 14.7. The molecule has 3 atom stereocenters. The van der Waals surface area contributed by atoms with E-state index in [0.717, 1.165) is 48.6 Å². The summed E-state index contributed by atoms with van der Waals surface area (Å²) in [6.07, 6.45) is 4.08. The second-order valence-electron chi connectivity index (χ2n) is 8.53. The van der Waals surface area contributed by atoms with E-state index in [1.165, 1.54) is 6.07 Å². The van der Waals surface area contributed by atoms with E-state index in [-0.39, 0.29) is 24.0 Å². The molecule has 3 aromatic rings. The van der Waals surface area contributed by atoms with Crippen molar-refractivity contribution in [2.45, 2.75) is 44.9 Å². The van der Waals surface area contributed by atoms with Crippen LogP contribution in [0.15, 0.2) is 54.7 Å². The lowest BCUT2D eigenvalue weighted by atomic mass is 9.96. The quantitative estimate of drug-likeness (QED) is 0.567. The van der Waals surface area contributed by atoms with Crippen molar-refractivity contribution in [1.82, 2.24) is 19.8 Å². The predicted octanol–water partition coefficient (Wildman–Crippen LogP) is 4.78. The highest BCUT2D eigenvalue weighted by atomic mass is 32.1. The van der Waals surface area contributed by atoms with E-state index in [1.807, 2.05) is 48.0 Å². The van der Waals surface area contributed by atoms with Crippen molar-refractivity contribution < 1.29 is 9.13 Å². The van der Waals surface area contributed by atoms with E-state index in [2.05, 4.69) is 28.2 Å². The van der Waals surface area contributed by atoms with Crippen molar-refractivity contribution in [3.8, 4) is 5.69 Å². The SMILES string of the molecule is Cc1cc([C@@H]2[C@H](c3ccccn3)NC(=S)N2C[C@H]2CCCO2)c(C)n1-c1ccccc1F. The second kappa shape index (κ2) is 8.64. The number of benzene rings is 1. The fraction of sp³-hybridized carbons (Fsp3) is 0.360. The summed E-state index contributed by atoms with van der Waals surface area (Å²) < 4.78 is 22.6. The number of aromatic nitrogens is 2. The number of nitrogens with zero attached hydrogens (tertiary/aromatic N) is 3. The molecule has 2 fully saturated rings. The molecule has 2 aliphatic heterocycles. The molecule has 0 spiro atoms. The molecule has 0 aliphatic carbocycles. The number of pyridine rings is 1. The summed E-state index contributed by atoms with van der Waals surface area (Å²) >= 11 is 5.79. The van der Waals surface area contributed by atoms with Gasteiger partial charge in [0.05, 0.1) is 29.6 Å². The van der Waals surface area contributed by atoms with E-state index in [0.29, 0.717) is 10.8 Å². The first kappa shape index (κ1) is 21.1. The molecule has 0 radical (unpaired) electrons. The van der Waals surface area contributed by atoms with Gasteiger partial charge in [0.15, 0.2) is 5.11 Å².